The number of primary sulfonamides is 1. The second-order valence-electron chi connectivity index (χ2n) is 3.02. The topological polar surface area (TPSA) is 97.5 Å². The van der Waals surface area contributed by atoms with Gasteiger partial charge >= 0.3 is 5.97 Å². The monoisotopic (exact) mass is 329 g/mol. The van der Waals surface area contributed by atoms with E-state index in [0.29, 0.717) is 6.07 Å². The van der Waals surface area contributed by atoms with Crippen molar-refractivity contribution in [1.29, 1.82) is 0 Å². The van der Waals surface area contributed by atoms with Crippen LogP contribution in [-0.4, -0.2) is 19.5 Å². The number of rotatable bonds is 3. The predicted octanol–water partition coefficient (Wildman–Crippen LogP) is 1.73. The summed E-state index contributed by atoms with van der Waals surface area (Å²) in [5.74, 6) is -1.65. The molecule has 5 nitrogen and oxygen atoms in total. The second kappa shape index (κ2) is 4.67. The van der Waals surface area contributed by atoms with Crippen molar-refractivity contribution >= 4 is 31.9 Å². The molecule has 1 rings (SSSR count). The number of halogens is 3. The molecule has 3 N–H and O–H groups in total. The third kappa shape index (κ3) is 2.99. The number of carboxylic acids is 1. The summed E-state index contributed by atoms with van der Waals surface area (Å²) in [6, 6.07) is 1.33. The lowest BCUT2D eigenvalue weighted by Gasteiger charge is -2.09. The highest BCUT2D eigenvalue weighted by Crippen LogP contribution is 2.31. The normalized spacial score (nSPS) is 11.8. The Morgan fingerprint density at radius 2 is 1.94 bits per heavy atom. The first-order valence-electron chi connectivity index (χ1n) is 4.02. The van der Waals surface area contributed by atoms with E-state index in [1.54, 1.807) is 0 Å². The molecular weight excluding hydrogens is 324 g/mol. The minimum Gasteiger partial charge on any atom is -0.478 e. The lowest BCUT2D eigenvalue weighted by Crippen LogP contribution is -2.15. The fraction of sp³-hybridized carbons (Fsp3) is 0.125. The minimum absolute atomic E-state index is 0.208. The maximum Gasteiger partial charge on any atom is 0.336 e. The molecule has 0 unspecified atom stereocenters. The largest absolute Gasteiger partial charge is 0.478 e. The van der Waals surface area contributed by atoms with Gasteiger partial charge in [-0.25, -0.2) is 27.1 Å². The maximum atomic E-state index is 12.5. The number of nitrogens with two attached hydrogens (primary N) is 1. The number of aromatic carboxylic acids is 1. The van der Waals surface area contributed by atoms with E-state index >= 15 is 0 Å². The number of hydrogen-bond acceptors (Lipinski definition) is 3. The first kappa shape index (κ1) is 14.0. The van der Waals surface area contributed by atoms with Crippen LogP contribution < -0.4 is 5.14 Å². The number of hydrogen-bond donors (Lipinski definition) is 2. The van der Waals surface area contributed by atoms with Gasteiger partial charge in [0, 0.05) is 10.0 Å². The van der Waals surface area contributed by atoms with Crippen molar-refractivity contribution in [3.63, 3.8) is 0 Å². The molecule has 9 heteroatoms. The van der Waals surface area contributed by atoms with Gasteiger partial charge in [-0.05, 0) is 28.1 Å². The number of alkyl halides is 2. The summed E-state index contributed by atoms with van der Waals surface area (Å²) in [6.45, 7) is 0. The van der Waals surface area contributed by atoms with E-state index in [2.05, 4.69) is 15.9 Å². The van der Waals surface area contributed by atoms with Gasteiger partial charge in [-0.1, -0.05) is 0 Å². The van der Waals surface area contributed by atoms with Crippen molar-refractivity contribution in [3.05, 3.63) is 27.7 Å². The average Bonchev–Trinajstić information content (AvgIpc) is 2.14. The van der Waals surface area contributed by atoms with Gasteiger partial charge in [0.05, 0.1) is 10.5 Å². The van der Waals surface area contributed by atoms with E-state index in [1.807, 2.05) is 0 Å². The highest BCUT2D eigenvalue weighted by molar-refractivity contribution is 9.10. The summed E-state index contributed by atoms with van der Waals surface area (Å²) in [7, 11) is -4.19. The van der Waals surface area contributed by atoms with Gasteiger partial charge in [-0.2, -0.15) is 0 Å². The van der Waals surface area contributed by atoms with Gasteiger partial charge in [0.25, 0.3) is 6.43 Å². The van der Waals surface area contributed by atoms with Crippen molar-refractivity contribution in [1.82, 2.24) is 0 Å². The van der Waals surface area contributed by atoms with E-state index in [4.69, 9.17) is 10.2 Å². The highest BCUT2D eigenvalue weighted by Gasteiger charge is 2.23. The van der Waals surface area contributed by atoms with Gasteiger partial charge in [-0.3, -0.25) is 0 Å². The smallest absolute Gasteiger partial charge is 0.336 e. The quantitative estimate of drug-likeness (QED) is 0.882. The number of carboxylic acid groups (broad SMARTS) is 1. The lowest BCUT2D eigenvalue weighted by atomic mass is 10.1. The lowest BCUT2D eigenvalue weighted by molar-refractivity contribution is 0.0684. The molecule has 0 amide bonds. The van der Waals surface area contributed by atoms with Crippen LogP contribution in [0.25, 0.3) is 0 Å². The standard InChI is InChI=1S/C8H6BrF2NO4S/c9-5-1-3(7(10)11)4(8(13)14)2-6(5)17(12,15)16/h1-2,7H,(H,13,14)(H2,12,15,16). The number of carbonyl (C=O) groups is 1. The molecule has 0 aromatic heterocycles. The first-order valence-corrected chi connectivity index (χ1v) is 6.36. The van der Waals surface area contributed by atoms with E-state index in [9.17, 15) is 22.0 Å². The van der Waals surface area contributed by atoms with Crippen LogP contribution in [0, 0.1) is 0 Å². The summed E-state index contributed by atoms with van der Waals surface area (Å²) in [5.41, 5.74) is -1.58. The zero-order valence-corrected chi connectivity index (χ0v) is 10.4. The van der Waals surface area contributed by atoms with Gasteiger partial charge in [0.15, 0.2) is 0 Å². The molecule has 0 saturated heterocycles. The van der Waals surface area contributed by atoms with E-state index in [1.165, 1.54) is 0 Å². The molecule has 0 aliphatic rings. The molecule has 0 saturated carbocycles. The molecule has 0 bridgehead atoms. The molecule has 0 fully saturated rings. The summed E-state index contributed by atoms with van der Waals surface area (Å²) >= 11 is 2.75. The fourth-order valence-electron chi connectivity index (χ4n) is 1.15. The van der Waals surface area contributed by atoms with Gasteiger partial charge in [0.2, 0.25) is 10.0 Å². The molecule has 17 heavy (non-hydrogen) atoms. The average molecular weight is 330 g/mol. The Morgan fingerprint density at radius 1 is 1.41 bits per heavy atom. The Kier molecular flexibility index (Phi) is 3.84. The third-order valence-electron chi connectivity index (χ3n) is 1.88. The molecule has 94 valence electrons. The van der Waals surface area contributed by atoms with E-state index in [-0.39, 0.29) is 4.47 Å². The van der Waals surface area contributed by atoms with Crippen LogP contribution in [0.1, 0.15) is 22.3 Å². The van der Waals surface area contributed by atoms with Crippen molar-refractivity contribution in [2.75, 3.05) is 0 Å². The molecular formula is C8H6BrF2NO4S. The Labute approximate surface area is 103 Å². The van der Waals surface area contributed by atoms with Crippen LogP contribution in [0.5, 0.6) is 0 Å². The van der Waals surface area contributed by atoms with Gasteiger partial charge in [-0.15, -0.1) is 0 Å². The van der Waals surface area contributed by atoms with Crippen molar-refractivity contribution in [2.24, 2.45) is 5.14 Å². The van der Waals surface area contributed by atoms with Gasteiger partial charge < -0.3 is 5.11 Å². The fourth-order valence-corrected chi connectivity index (χ4v) is 2.80. The van der Waals surface area contributed by atoms with Crippen LogP contribution in [0.4, 0.5) is 8.78 Å². The third-order valence-corrected chi connectivity index (χ3v) is 3.75. The Hall–Kier alpha value is -1.06. The Balaban J connectivity index is 3.63. The molecule has 0 aliphatic carbocycles. The Bertz CT molecular complexity index is 573. The second-order valence-corrected chi connectivity index (χ2v) is 5.40. The predicted molar refractivity (Wildman–Crippen MR) is 57.4 cm³/mol. The molecule has 0 heterocycles. The van der Waals surface area contributed by atoms with Crippen molar-refractivity contribution in [2.45, 2.75) is 11.3 Å². The molecule has 1 aromatic rings. The minimum atomic E-state index is -4.19. The van der Waals surface area contributed by atoms with E-state index < -0.39 is 38.4 Å². The zero-order valence-electron chi connectivity index (χ0n) is 8.02. The zero-order chi connectivity index (χ0) is 13.4. The molecule has 0 spiro atoms. The maximum absolute atomic E-state index is 12.5. The van der Waals surface area contributed by atoms with Crippen LogP contribution in [0.15, 0.2) is 21.5 Å². The molecule has 0 aliphatic heterocycles. The van der Waals surface area contributed by atoms with Crippen molar-refractivity contribution < 1.29 is 27.1 Å². The summed E-state index contributed by atoms with van der Waals surface area (Å²) in [6.07, 6.45) is -3.04. The van der Waals surface area contributed by atoms with Crippen LogP contribution in [-0.2, 0) is 10.0 Å². The van der Waals surface area contributed by atoms with Gasteiger partial charge in [0.1, 0.15) is 0 Å². The molecule has 1 aromatic carbocycles. The van der Waals surface area contributed by atoms with E-state index in [0.717, 1.165) is 6.07 Å². The molecule has 0 atom stereocenters. The van der Waals surface area contributed by atoms with Crippen LogP contribution in [0.3, 0.4) is 0 Å². The highest BCUT2D eigenvalue weighted by atomic mass is 79.9. The van der Waals surface area contributed by atoms with Crippen LogP contribution >= 0.6 is 15.9 Å². The molecule has 0 radical (unpaired) electrons. The van der Waals surface area contributed by atoms with Crippen molar-refractivity contribution in [3.8, 4) is 0 Å². The Morgan fingerprint density at radius 3 is 2.29 bits per heavy atom. The summed E-state index contributed by atoms with van der Waals surface area (Å²) in [4.78, 5) is 10.2. The summed E-state index contributed by atoms with van der Waals surface area (Å²) < 4.78 is 47.0. The van der Waals surface area contributed by atoms with Crippen LogP contribution in [0.2, 0.25) is 0 Å². The SMILES string of the molecule is NS(=O)(=O)c1cc(C(=O)O)c(C(F)F)cc1Br. The number of benzene rings is 1. The first-order chi connectivity index (χ1) is 7.64. The summed E-state index contributed by atoms with van der Waals surface area (Å²) in [5, 5.41) is 13.5. The number of sulfonamides is 1.